The topological polar surface area (TPSA) is 205 Å². The molecular weight excluding hydrogens is 448 g/mol. The van der Waals surface area contributed by atoms with Crippen molar-refractivity contribution in [3.8, 4) is 0 Å². The van der Waals surface area contributed by atoms with E-state index >= 15 is 0 Å². The predicted molar refractivity (Wildman–Crippen MR) is 123 cm³/mol. The van der Waals surface area contributed by atoms with Crippen LogP contribution < -0.4 is 33.7 Å². The smallest absolute Gasteiger partial charge is 0.345 e. The first kappa shape index (κ1) is 25.0. The Morgan fingerprint density at radius 1 is 0.706 bits per heavy atom. The molecule has 0 aliphatic heterocycles. The molecule has 12 heteroatoms. The van der Waals surface area contributed by atoms with Crippen LogP contribution in [0, 0.1) is 11.8 Å². The zero-order chi connectivity index (χ0) is 25.9. The summed E-state index contributed by atoms with van der Waals surface area (Å²) < 4.78 is 0.844. The molecule has 0 fully saturated rings. The Hall–Kier alpha value is -3.64. The van der Waals surface area contributed by atoms with E-state index in [2.05, 4.69) is 0 Å². The van der Waals surface area contributed by atoms with Gasteiger partial charge in [-0.2, -0.15) is 0 Å². The van der Waals surface area contributed by atoms with Crippen molar-refractivity contribution in [2.24, 2.45) is 23.3 Å². The van der Waals surface area contributed by atoms with Gasteiger partial charge in [-0.15, -0.1) is 0 Å². The van der Waals surface area contributed by atoms with E-state index in [-0.39, 0.29) is 46.2 Å². The molecule has 2 atom stereocenters. The summed E-state index contributed by atoms with van der Waals surface area (Å²) >= 11 is 0. The van der Waals surface area contributed by atoms with E-state index in [0.29, 0.717) is 9.13 Å². The number of fused-ring (bicyclic) bond motifs is 2. The van der Waals surface area contributed by atoms with Crippen molar-refractivity contribution < 1.29 is 19.8 Å². The molecule has 6 N–H and O–H groups in total. The van der Waals surface area contributed by atoms with Crippen LogP contribution in [0.3, 0.4) is 0 Å². The van der Waals surface area contributed by atoms with Crippen molar-refractivity contribution in [3.63, 3.8) is 0 Å². The maximum atomic E-state index is 13.1. The molecule has 12 nitrogen and oxygen atoms in total. The Balaban J connectivity index is 2.44. The second-order valence-electron chi connectivity index (χ2n) is 9.49. The SMILES string of the molecule is CC(C)C[C@@](N)(C(=O)O)n1c(=O)c2cc3c(=O)n([C@@](N)(CC(C)C)C(=O)O)c(=O)c3cc2c1=O. The van der Waals surface area contributed by atoms with Crippen LogP contribution in [-0.2, 0) is 20.9 Å². The Morgan fingerprint density at radius 2 is 0.941 bits per heavy atom. The largest absolute Gasteiger partial charge is 0.478 e. The molecule has 2 aromatic heterocycles. The maximum Gasteiger partial charge on any atom is 0.345 e. The van der Waals surface area contributed by atoms with E-state index in [0.717, 1.165) is 12.1 Å². The molecule has 0 amide bonds. The van der Waals surface area contributed by atoms with Gasteiger partial charge >= 0.3 is 11.9 Å². The third-order valence-corrected chi connectivity index (χ3v) is 5.87. The maximum absolute atomic E-state index is 13.1. The molecule has 0 bridgehead atoms. The second kappa shape index (κ2) is 7.99. The van der Waals surface area contributed by atoms with Gasteiger partial charge in [-0.05, 0) is 36.8 Å². The van der Waals surface area contributed by atoms with E-state index in [1.54, 1.807) is 27.7 Å². The molecule has 3 aromatic rings. The minimum absolute atomic E-state index is 0.233. The molecule has 34 heavy (non-hydrogen) atoms. The summed E-state index contributed by atoms with van der Waals surface area (Å²) in [5.74, 6) is -3.77. The first-order valence-corrected chi connectivity index (χ1v) is 10.6. The molecule has 0 spiro atoms. The molecule has 0 saturated heterocycles. The Bertz CT molecular complexity index is 1350. The molecule has 1 aromatic carbocycles. The average Bonchev–Trinajstić information content (AvgIpc) is 3.10. The number of nitrogens with two attached hydrogens (primary N) is 2. The summed E-state index contributed by atoms with van der Waals surface area (Å²) in [6, 6.07) is 1.97. The van der Waals surface area contributed by atoms with Gasteiger partial charge in [-0.3, -0.25) is 30.6 Å². The number of benzene rings is 1. The van der Waals surface area contributed by atoms with Gasteiger partial charge in [0.15, 0.2) is 11.3 Å². The number of hydrogen-bond acceptors (Lipinski definition) is 8. The fraction of sp³-hybridized carbons (Fsp3) is 0.455. The third-order valence-electron chi connectivity index (χ3n) is 5.87. The van der Waals surface area contributed by atoms with Gasteiger partial charge in [0.05, 0.1) is 21.5 Å². The van der Waals surface area contributed by atoms with Crippen LogP contribution in [0.5, 0.6) is 0 Å². The number of rotatable bonds is 8. The van der Waals surface area contributed by atoms with Gasteiger partial charge in [0.2, 0.25) is 0 Å². The lowest BCUT2D eigenvalue weighted by atomic mass is 9.98. The lowest BCUT2D eigenvalue weighted by Gasteiger charge is -2.26. The summed E-state index contributed by atoms with van der Waals surface area (Å²) in [5.41, 5.74) is 3.17. The quantitative estimate of drug-likeness (QED) is 0.326. The highest BCUT2D eigenvalue weighted by Crippen LogP contribution is 2.23. The number of aromatic nitrogens is 2. The number of aliphatic carboxylic acids is 2. The van der Waals surface area contributed by atoms with Crippen LogP contribution in [-0.4, -0.2) is 31.3 Å². The second-order valence-corrected chi connectivity index (χ2v) is 9.49. The van der Waals surface area contributed by atoms with Crippen LogP contribution in [0.2, 0.25) is 0 Å². The summed E-state index contributed by atoms with van der Waals surface area (Å²) in [5, 5.41) is 18.2. The lowest BCUT2D eigenvalue weighted by molar-refractivity contribution is -0.149. The van der Waals surface area contributed by atoms with Crippen molar-refractivity contribution in [2.45, 2.75) is 51.9 Å². The predicted octanol–water partition coefficient (Wildman–Crippen LogP) is -0.603. The Kier molecular flexibility index (Phi) is 5.87. The van der Waals surface area contributed by atoms with Crippen LogP contribution in [0.25, 0.3) is 21.5 Å². The van der Waals surface area contributed by atoms with Gasteiger partial charge in [0.1, 0.15) is 0 Å². The molecule has 3 rings (SSSR count). The molecule has 0 radical (unpaired) electrons. The number of carbonyl (C=O) groups is 2. The van der Waals surface area contributed by atoms with Gasteiger partial charge in [-0.25, -0.2) is 18.7 Å². The number of hydrogen-bond donors (Lipinski definition) is 4. The monoisotopic (exact) mass is 474 g/mol. The summed E-state index contributed by atoms with van der Waals surface area (Å²) in [7, 11) is 0. The average molecular weight is 474 g/mol. The van der Waals surface area contributed by atoms with Crippen LogP contribution in [0.15, 0.2) is 31.3 Å². The van der Waals surface area contributed by atoms with Crippen LogP contribution in [0.1, 0.15) is 40.5 Å². The van der Waals surface area contributed by atoms with Crippen LogP contribution >= 0.6 is 0 Å². The normalized spacial score (nSPS) is 15.8. The molecule has 0 unspecified atom stereocenters. The van der Waals surface area contributed by atoms with Gasteiger partial charge in [0, 0.05) is 0 Å². The van der Waals surface area contributed by atoms with Gasteiger partial charge in [-0.1, -0.05) is 27.7 Å². The Morgan fingerprint density at radius 3 is 1.12 bits per heavy atom. The van der Waals surface area contributed by atoms with Crippen molar-refractivity contribution >= 4 is 33.5 Å². The highest BCUT2D eigenvalue weighted by atomic mass is 16.4. The molecule has 182 valence electrons. The highest BCUT2D eigenvalue weighted by molar-refractivity contribution is 5.98. The van der Waals surface area contributed by atoms with E-state index in [1.807, 2.05) is 0 Å². The molecule has 0 aliphatic rings. The molecule has 2 heterocycles. The highest BCUT2D eigenvalue weighted by Gasteiger charge is 2.42. The van der Waals surface area contributed by atoms with Crippen molar-refractivity contribution in [3.05, 3.63) is 53.5 Å². The van der Waals surface area contributed by atoms with Gasteiger partial charge in [0.25, 0.3) is 22.2 Å². The molecule has 0 saturated carbocycles. The fourth-order valence-electron chi connectivity index (χ4n) is 4.49. The minimum atomic E-state index is -2.35. The number of nitrogens with zero attached hydrogens (tertiary/aromatic N) is 2. The summed E-state index contributed by atoms with van der Waals surface area (Å²) in [6.45, 7) is 6.67. The van der Waals surface area contributed by atoms with Gasteiger partial charge < -0.3 is 10.2 Å². The summed E-state index contributed by atoms with van der Waals surface area (Å²) in [6.07, 6.45) is -0.467. The minimum Gasteiger partial charge on any atom is -0.478 e. The third kappa shape index (κ3) is 3.46. The zero-order valence-electron chi connectivity index (χ0n) is 19.1. The number of carboxylic acids is 2. The standard InChI is InChI=1S/C22H26N4O8/c1-9(2)7-21(23,19(31)32)25-15(27)11-5-13-14(6-12(11)16(25)28)18(30)26(17(13)29)22(24,20(33)34)8-10(3)4/h5-6,9-10H,7-8,23-24H2,1-4H3,(H,31,32)(H,33,34)/t21-,22-/m0/s1. The first-order chi connectivity index (χ1) is 15.6. The fourth-order valence-corrected chi connectivity index (χ4v) is 4.49. The van der Waals surface area contributed by atoms with Crippen molar-refractivity contribution in [2.75, 3.05) is 0 Å². The van der Waals surface area contributed by atoms with Crippen molar-refractivity contribution in [1.82, 2.24) is 9.13 Å². The number of carboxylic acid groups (broad SMARTS) is 2. The molecule has 0 aliphatic carbocycles. The van der Waals surface area contributed by atoms with Crippen LogP contribution in [0.4, 0.5) is 0 Å². The van der Waals surface area contributed by atoms with Crippen molar-refractivity contribution in [1.29, 1.82) is 0 Å². The zero-order valence-corrected chi connectivity index (χ0v) is 19.1. The van der Waals surface area contributed by atoms with E-state index in [9.17, 15) is 39.0 Å². The first-order valence-electron chi connectivity index (χ1n) is 10.6. The Labute approximate surface area is 191 Å². The van der Waals surface area contributed by atoms with E-state index in [4.69, 9.17) is 11.5 Å². The summed E-state index contributed by atoms with van der Waals surface area (Å²) in [4.78, 5) is 76.3. The lowest BCUT2D eigenvalue weighted by Crippen LogP contribution is -2.58. The van der Waals surface area contributed by atoms with E-state index in [1.165, 1.54) is 0 Å². The van der Waals surface area contributed by atoms with E-state index < -0.39 is 45.5 Å². The molecular formula is C22H26N4O8.